The lowest BCUT2D eigenvalue weighted by molar-refractivity contribution is 0.587. The first kappa shape index (κ1) is 26.3. The van der Waals surface area contributed by atoms with Crippen LogP contribution >= 0.6 is 24.0 Å². The Hall–Kier alpha value is -1.72. The van der Waals surface area contributed by atoms with Crippen LogP contribution in [0.5, 0.6) is 0 Å². The molecule has 30 heavy (non-hydrogen) atoms. The van der Waals surface area contributed by atoms with Crippen LogP contribution in [0.4, 0.5) is 4.39 Å². The Kier molecular flexibility index (Phi) is 10.7. The normalized spacial score (nSPS) is 12.8. The van der Waals surface area contributed by atoms with Crippen LogP contribution in [-0.2, 0) is 22.3 Å². The molecule has 2 aromatic carbocycles. The Balaban J connectivity index is 0.00000450. The third kappa shape index (κ3) is 8.19. The number of rotatable bonds is 8. The van der Waals surface area contributed by atoms with Crippen molar-refractivity contribution in [2.75, 3.05) is 13.6 Å². The van der Waals surface area contributed by atoms with E-state index in [9.17, 15) is 12.8 Å². The fourth-order valence-electron chi connectivity index (χ4n) is 2.69. The third-order valence-electron chi connectivity index (χ3n) is 4.50. The zero-order valence-electron chi connectivity index (χ0n) is 17.7. The van der Waals surface area contributed by atoms with Crippen molar-refractivity contribution in [2.24, 2.45) is 4.99 Å². The maximum Gasteiger partial charge on any atom is 0.215 e. The van der Waals surface area contributed by atoms with Gasteiger partial charge in [-0.15, -0.1) is 24.0 Å². The lowest BCUT2D eigenvalue weighted by Crippen LogP contribution is -2.38. The van der Waals surface area contributed by atoms with Gasteiger partial charge in [-0.3, -0.25) is 0 Å². The second-order valence-corrected chi connectivity index (χ2v) is 8.78. The zero-order valence-corrected chi connectivity index (χ0v) is 20.8. The highest BCUT2D eigenvalue weighted by molar-refractivity contribution is 14.0. The minimum atomic E-state index is -3.29. The molecule has 0 aliphatic rings. The molecule has 1 unspecified atom stereocenters. The van der Waals surface area contributed by atoms with Gasteiger partial charge in [0.25, 0.3) is 0 Å². The van der Waals surface area contributed by atoms with Crippen LogP contribution in [0.2, 0.25) is 0 Å². The van der Waals surface area contributed by atoms with E-state index in [-0.39, 0.29) is 41.6 Å². The first-order valence-electron chi connectivity index (χ1n) is 9.54. The summed E-state index contributed by atoms with van der Waals surface area (Å²) >= 11 is 0. The molecule has 0 spiro atoms. The quantitative estimate of drug-likeness (QED) is 0.268. The number of halogens is 2. The molecule has 0 aliphatic heterocycles. The smallest absolute Gasteiger partial charge is 0.215 e. The van der Waals surface area contributed by atoms with Crippen molar-refractivity contribution in [1.29, 1.82) is 0 Å². The zero-order chi connectivity index (χ0) is 21.4. The van der Waals surface area contributed by atoms with Gasteiger partial charge in [0.05, 0.1) is 18.3 Å². The fraction of sp³-hybridized carbons (Fsp3) is 0.381. The molecule has 9 heteroatoms. The lowest BCUT2D eigenvalue weighted by atomic mass is 10.1. The number of benzene rings is 2. The number of guanidine groups is 1. The van der Waals surface area contributed by atoms with Crippen molar-refractivity contribution in [3.05, 3.63) is 70.5 Å². The van der Waals surface area contributed by atoms with E-state index < -0.39 is 10.0 Å². The number of sulfonamides is 1. The van der Waals surface area contributed by atoms with E-state index in [2.05, 4.69) is 20.3 Å². The number of aryl methyl sites for hydroxylation is 1. The number of aliphatic imine (C=N–C) groups is 1. The van der Waals surface area contributed by atoms with E-state index in [1.165, 1.54) is 13.1 Å². The molecule has 0 fully saturated rings. The summed E-state index contributed by atoms with van der Waals surface area (Å²) in [6.45, 7) is 6.80. The Labute approximate surface area is 195 Å². The molecule has 0 amide bonds. The molecule has 6 nitrogen and oxygen atoms in total. The van der Waals surface area contributed by atoms with Crippen molar-refractivity contribution < 1.29 is 12.8 Å². The minimum Gasteiger partial charge on any atom is -0.357 e. The summed E-state index contributed by atoms with van der Waals surface area (Å²) < 4.78 is 39.4. The maximum absolute atomic E-state index is 13.8. The summed E-state index contributed by atoms with van der Waals surface area (Å²) in [5.74, 6) is 0.350. The van der Waals surface area contributed by atoms with Gasteiger partial charge in [-0.25, -0.2) is 22.5 Å². The summed E-state index contributed by atoms with van der Waals surface area (Å²) in [4.78, 5) is 4.58. The van der Waals surface area contributed by atoms with Gasteiger partial charge in [-0.2, -0.15) is 0 Å². The number of hydrogen-bond acceptors (Lipinski definition) is 3. The summed E-state index contributed by atoms with van der Waals surface area (Å²) in [7, 11) is -1.89. The second kappa shape index (κ2) is 12.2. The number of nitrogens with zero attached hydrogens (tertiary/aromatic N) is 1. The first-order valence-corrected chi connectivity index (χ1v) is 11.2. The van der Waals surface area contributed by atoms with Crippen molar-refractivity contribution in [3.63, 3.8) is 0 Å². The molecule has 0 bridgehead atoms. The lowest BCUT2D eigenvalue weighted by Gasteiger charge is -2.18. The van der Waals surface area contributed by atoms with Crippen LogP contribution in [0, 0.1) is 12.7 Å². The van der Waals surface area contributed by atoms with Crippen LogP contribution in [0.1, 0.15) is 42.1 Å². The molecule has 0 aliphatic carbocycles. The predicted octanol–water partition coefficient (Wildman–Crippen LogP) is 3.62. The van der Waals surface area contributed by atoms with Crippen LogP contribution < -0.4 is 15.4 Å². The van der Waals surface area contributed by atoms with E-state index in [0.717, 1.165) is 11.1 Å². The van der Waals surface area contributed by atoms with Gasteiger partial charge < -0.3 is 10.6 Å². The van der Waals surface area contributed by atoms with Gasteiger partial charge >= 0.3 is 0 Å². The van der Waals surface area contributed by atoms with Gasteiger partial charge in [-0.1, -0.05) is 36.4 Å². The Bertz CT molecular complexity index is 950. The monoisotopic (exact) mass is 548 g/mol. The summed E-state index contributed by atoms with van der Waals surface area (Å²) in [5.41, 5.74) is 3.13. The van der Waals surface area contributed by atoms with E-state index in [1.54, 1.807) is 25.1 Å². The highest BCUT2D eigenvalue weighted by Crippen LogP contribution is 2.16. The van der Waals surface area contributed by atoms with Gasteiger partial charge in [0.15, 0.2) is 5.96 Å². The molecule has 0 aromatic heterocycles. The highest BCUT2D eigenvalue weighted by atomic mass is 127. The molecule has 0 radical (unpaired) electrons. The molecular formula is C21H30FIN4O2S. The fourth-order valence-corrected chi connectivity index (χ4v) is 3.47. The molecule has 166 valence electrons. The number of hydrogen-bond donors (Lipinski definition) is 3. The molecule has 0 saturated carbocycles. The van der Waals surface area contributed by atoms with Gasteiger partial charge in [0, 0.05) is 6.54 Å². The van der Waals surface area contributed by atoms with E-state index >= 15 is 0 Å². The predicted molar refractivity (Wildman–Crippen MR) is 131 cm³/mol. The summed E-state index contributed by atoms with van der Waals surface area (Å²) in [5, 5.41) is 6.47. The van der Waals surface area contributed by atoms with Crippen LogP contribution in [0.3, 0.4) is 0 Å². The molecule has 0 heterocycles. The number of nitrogens with one attached hydrogen (secondary N) is 3. The summed E-state index contributed by atoms with van der Waals surface area (Å²) in [6.07, 6.45) is 0. The van der Waals surface area contributed by atoms with Crippen LogP contribution in [0.25, 0.3) is 0 Å². The average molecular weight is 548 g/mol. The molecule has 2 aromatic rings. The van der Waals surface area contributed by atoms with Crippen molar-refractivity contribution in [3.8, 4) is 0 Å². The standard InChI is InChI=1S/C21H29FN4O2S.HI/c1-5-24-21(26-16(3)19-11-6-15(2)20(22)12-19)25-13-17-7-9-18(10-8-17)14-29(27,28)23-4;/h6-12,16,23H,5,13-14H2,1-4H3,(H2,24,25,26);1H. The van der Waals surface area contributed by atoms with Crippen LogP contribution in [0.15, 0.2) is 47.5 Å². The van der Waals surface area contributed by atoms with Crippen molar-refractivity contribution >= 4 is 40.0 Å². The summed E-state index contributed by atoms with van der Waals surface area (Å²) in [6, 6.07) is 12.4. The molecule has 2 rings (SSSR count). The maximum atomic E-state index is 13.8. The van der Waals surface area contributed by atoms with Gasteiger partial charge in [-0.05, 0) is 56.1 Å². The third-order valence-corrected chi connectivity index (χ3v) is 5.84. The average Bonchev–Trinajstić information content (AvgIpc) is 2.69. The highest BCUT2D eigenvalue weighted by Gasteiger charge is 2.10. The van der Waals surface area contributed by atoms with Crippen molar-refractivity contribution in [1.82, 2.24) is 15.4 Å². The topological polar surface area (TPSA) is 82.6 Å². The van der Waals surface area contributed by atoms with E-state index in [1.807, 2.05) is 32.0 Å². The first-order chi connectivity index (χ1) is 13.7. The molecule has 0 saturated heterocycles. The second-order valence-electron chi connectivity index (χ2n) is 6.85. The van der Waals surface area contributed by atoms with E-state index in [0.29, 0.717) is 30.2 Å². The Morgan fingerprint density at radius 2 is 1.77 bits per heavy atom. The SMILES string of the molecule is CCNC(=NCc1ccc(CS(=O)(=O)NC)cc1)NC(C)c1ccc(C)c(F)c1.I. The van der Waals surface area contributed by atoms with Crippen LogP contribution in [-0.4, -0.2) is 28.0 Å². The molecule has 3 N–H and O–H groups in total. The molecule has 1 atom stereocenters. The molecular weight excluding hydrogens is 518 g/mol. The Morgan fingerprint density at radius 1 is 1.13 bits per heavy atom. The Morgan fingerprint density at radius 3 is 2.33 bits per heavy atom. The minimum absolute atomic E-state index is 0. The van der Waals surface area contributed by atoms with Gasteiger partial charge in [0.2, 0.25) is 10.0 Å². The van der Waals surface area contributed by atoms with Gasteiger partial charge in [0.1, 0.15) is 5.82 Å². The van der Waals surface area contributed by atoms with Crippen molar-refractivity contribution in [2.45, 2.75) is 39.1 Å². The van der Waals surface area contributed by atoms with E-state index in [4.69, 9.17) is 0 Å². The largest absolute Gasteiger partial charge is 0.357 e.